The van der Waals surface area contributed by atoms with Crippen LogP contribution in [0.4, 0.5) is 0 Å². The molecule has 3 aromatic rings. The van der Waals surface area contributed by atoms with Crippen LogP contribution in [0.2, 0.25) is 0 Å². The molecule has 9 heteroatoms. The number of benzene rings is 2. The van der Waals surface area contributed by atoms with Crippen LogP contribution >= 0.6 is 11.8 Å². The molecule has 1 fully saturated rings. The average Bonchev–Trinajstić information content (AvgIpc) is 3.54. The van der Waals surface area contributed by atoms with Crippen LogP contribution in [0.25, 0.3) is 11.4 Å². The SMILES string of the molecule is CCn1c(SCC(=O)N2CCC[C@@H]2c2ccc3c(c2)OCCO3)nnc1-c1ccccc1OC. The molecule has 0 unspecified atom stereocenters. The van der Waals surface area contributed by atoms with E-state index in [1.807, 2.05) is 58.9 Å². The topological polar surface area (TPSA) is 78.7 Å². The van der Waals surface area contributed by atoms with Gasteiger partial charge in [-0.25, -0.2) is 0 Å². The summed E-state index contributed by atoms with van der Waals surface area (Å²) in [6.07, 6.45) is 1.93. The Morgan fingerprint density at radius 3 is 2.79 bits per heavy atom. The normalized spacial score (nSPS) is 17.1. The number of carbonyl (C=O) groups excluding carboxylic acids is 1. The minimum Gasteiger partial charge on any atom is -0.496 e. The van der Waals surface area contributed by atoms with E-state index in [0.29, 0.717) is 25.5 Å². The Morgan fingerprint density at radius 1 is 1.15 bits per heavy atom. The standard InChI is InChI=1S/C25H28N4O4S/c1-3-28-24(18-7-4-5-9-20(18)31-2)26-27-25(28)34-16-23(30)29-12-6-8-19(29)17-10-11-21-22(15-17)33-14-13-32-21/h4-5,7,9-11,15,19H,3,6,8,12-14,16H2,1-2H3/t19-/m1/s1. The van der Waals surface area contributed by atoms with Gasteiger partial charge in [0, 0.05) is 13.1 Å². The van der Waals surface area contributed by atoms with Crippen LogP contribution in [0.5, 0.6) is 17.2 Å². The van der Waals surface area contributed by atoms with Crippen molar-refractivity contribution in [1.29, 1.82) is 0 Å². The van der Waals surface area contributed by atoms with E-state index < -0.39 is 0 Å². The molecule has 0 aliphatic carbocycles. The molecule has 2 aliphatic rings. The Morgan fingerprint density at radius 2 is 1.97 bits per heavy atom. The second-order valence-electron chi connectivity index (χ2n) is 8.19. The van der Waals surface area contributed by atoms with Crippen LogP contribution in [-0.2, 0) is 11.3 Å². The van der Waals surface area contributed by atoms with Crippen LogP contribution in [0.15, 0.2) is 47.6 Å². The molecule has 1 amide bonds. The van der Waals surface area contributed by atoms with Gasteiger partial charge < -0.3 is 23.7 Å². The summed E-state index contributed by atoms with van der Waals surface area (Å²) in [5.41, 5.74) is 1.98. The van der Waals surface area contributed by atoms with Crippen LogP contribution in [0.3, 0.4) is 0 Å². The van der Waals surface area contributed by atoms with E-state index in [0.717, 1.165) is 58.7 Å². The Kier molecular flexibility index (Phi) is 6.62. The van der Waals surface area contributed by atoms with E-state index in [1.54, 1.807) is 7.11 Å². The van der Waals surface area contributed by atoms with Gasteiger partial charge in [-0.3, -0.25) is 4.79 Å². The quantitative estimate of drug-likeness (QED) is 0.469. The molecule has 8 nitrogen and oxygen atoms in total. The van der Waals surface area contributed by atoms with Gasteiger partial charge in [-0.2, -0.15) is 0 Å². The Balaban J connectivity index is 1.30. The maximum atomic E-state index is 13.2. The van der Waals surface area contributed by atoms with Gasteiger partial charge >= 0.3 is 0 Å². The fourth-order valence-electron chi connectivity index (χ4n) is 4.60. The first-order chi connectivity index (χ1) is 16.7. The molecule has 3 heterocycles. The number of ether oxygens (including phenoxy) is 3. The van der Waals surface area contributed by atoms with Crippen molar-refractivity contribution in [3.05, 3.63) is 48.0 Å². The summed E-state index contributed by atoms with van der Waals surface area (Å²) in [5.74, 6) is 3.43. The predicted octanol–water partition coefficient (Wildman–Crippen LogP) is 4.20. The third kappa shape index (κ3) is 4.32. The third-order valence-electron chi connectivity index (χ3n) is 6.23. The lowest BCUT2D eigenvalue weighted by atomic mass is 10.0. The first-order valence-corrected chi connectivity index (χ1v) is 12.6. The maximum Gasteiger partial charge on any atom is 0.233 e. The molecule has 0 bridgehead atoms. The maximum absolute atomic E-state index is 13.2. The lowest BCUT2D eigenvalue weighted by Crippen LogP contribution is -2.32. The fourth-order valence-corrected chi connectivity index (χ4v) is 5.49. The Bertz CT molecular complexity index is 1180. The van der Waals surface area contributed by atoms with Crippen molar-refractivity contribution in [2.75, 3.05) is 32.6 Å². The van der Waals surface area contributed by atoms with Gasteiger partial charge in [-0.05, 0) is 49.6 Å². The molecular weight excluding hydrogens is 452 g/mol. The molecule has 2 aliphatic heterocycles. The second kappa shape index (κ2) is 9.97. The zero-order valence-corrected chi connectivity index (χ0v) is 20.2. The lowest BCUT2D eigenvalue weighted by molar-refractivity contribution is -0.129. The molecule has 2 aromatic carbocycles. The zero-order chi connectivity index (χ0) is 23.5. The number of hydrogen-bond acceptors (Lipinski definition) is 7. The highest BCUT2D eigenvalue weighted by Crippen LogP contribution is 2.38. The lowest BCUT2D eigenvalue weighted by Gasteiger charge is -2.26. The first-order valence-electron chi connectivity index (χ1n) is 11.6. The summed E-state index contributed by atoms with van der Waals surface area (Å²) in [6, 6.07) is 13.8. The second-order valence-corrected chi connectivity index (χ2v) is 9.13. The molecule has 0 saturated carbocycles. The number of thioether (sulfide) groups is 1. The van der Waals surface area contributed by atoms with Gasteiger partial charge in [0.25, 0.3) is 0 Å². The molecule has 1 aromatic heterocycles. The predicted molar refractivity (Wildman–Crippen MR) is 130 cm³/mol. The summed E-state index contributed by atoms with van der Waals surface area (Å²) < 4.78 is 18.9. The molecule has 178 valence electrons. The number of amides is 1. The molecule has 0 radical (unpaired) electrons. The number of rotatable bonds is 7. The number of para-hydroxylation sites is 1. The number of hydrogen-bond donors (Lipinski definition) is 0. The molecule has 1 saturated heterocycles. The van der Waals surface area contributed by atoms with E-state index in [-0.39, 0.29) is 11.9 Å². The smallest absolute Gasteiger partial charge is 0.233 e. The largest absolute Gasteiger partial charge is 0.496 e. The monoisotopic (exact) mass is 480 g/mol. The fraction of sp³-hybridized carbons (Fsp3) is 0.400. The molecule has 0 N–H and O–H groups in total. The molecule has 34 heavy (non-hydrogen) atoms. The minimum atomic E-state index is 0.0529. The first kappa shape index (κ1) is 22.6. The van der Waals surface area contributed by atoms with E-state index in [2.05, 4.69) is 10.2 Å². The summed E-state index contributed by atoms with van der Waals surface area (Å²) >= 11 is 1.43. The van der Waals surface area contributed by atoms with Crippen molar-refractivity contribution >= 4 is 17.7 Å². The number of carbonyl (C=O) groups is 1. The molecular formula is C25H28N4O4S. The van der Waals surface area contributed by atoms with Crippen molar-refractivity contribution in [2.24, 2.45) is 0 Å². The van der Waals surface area contributed by atoms with E-state index in [9.17, 15) is 4.79 Å². The van der Waals surface area contributed by atoms with Crippen molar-refractivity contribution in [3.8, 4) is 28.6 Å². The van der Waals surface area contributed by atoms with Crippen molar-refractivity contribution in [2.45, 2.75) is 37.5 Å². The summed E-state index contributed by atoms with van der Waals surface area (Å²) in [6.45, 7) is 4.62. The molecule has 5 rings (SSSR count). The van der Waals surface area contributed by atoms with Crippen LogP contribution in [0, 0.1) is 0 Å². The van der Waals surface area contributed by atoms with E-state index in [1.165, 1.54) is 11.8 Å². The molecule has 1 atom stereocenters. The highest BCUT2D eigenvalue weighted by Gasteiger charge is 2.31. The van der Waals surface area contributed by atoms with Gasteiger partial charge in [0.2, 0.25) is 5.91 Å². The van der Waals surface area contributed by atoms with Crippen LogP contribution in [-0.4, -0.2) is 58.2 Å². The van der Waals surface area contributed by atoms with Crippen molar-refractivity contribution in [3.63, 3.8) is 0 Å². The number of likely N-dealkylation sites (tertiary alicyclic amines) is 1. The number of fused-ring (bicyclic) bond motifs is 1. The van der Waals surface area contributed by atoms with E-state index in [4.69, 9.17) is 14.2 Å². The third-order valence-corrected chi connectivity index (χ3v) is 7.18. The summed E-state index contributed by atoms with van der Waals surface area (Å²) in [4.78, 5) is 15.2. The number of nitrogens with zero attached hydrogens (tertiary/aromatic N) is 4. The highest BCUT2D eigenvalue weighted by molar-refractivity contribution is 7.99. The summed E-state index contributed by atoms with van der Waals surface area (Å²) in [5, 5.41) is 9.52. The van der Waals surface area contributed by atoms with Crippen LogP contribution < -0.4 is 14.2 Å². The Labute approximate surface area is 203 Å². The van der Waals surface area contributed by atoms with Gasteiger partial charge in [-0.15, -0.1) is 10.2 Å². The van der Waals surface area contributed by atoms with Gasteiger partial charge in [0.1, 0.15) is 19.0 Å². The highest BCUT2D eigenvalue weighted by atomic mass is 32.2. The van der Waals surface area contributed by atoms with Crippen molar-refractivity contribution < 1.29 is 19.0 Å². The van der Waals surface area contributed by atoms with Gasteiger partial charge in [0.15, 0.2) is 22.5 Å². The number of methoxy groups -OCH3 is 1. The van der Waals surface area contributed by atoms with Crippen molar-refractivity contribution in [1.82, 2.24) is 19.7 Å². The minimum absolute atomic E-state index is 0.0529. The number of aromatic nitrogens is 3. The van der Waals surface area contributed by atoms with Gasteiger partial charge in [0.05, 0.1) is 24.5 Å². The van der Waals surface area contributed by atoms with E-state index >= 15 is 0 Å². The Hall–Kier alpha value is -3.20. The van der Waals surface area contributed by atoms with Gasteiger partial charge in [-0.1, -0.05) is 30.0 Å². The summed E-state index contributed by atoms with van der Waals surface area (Å²) in [7, 11) is 1.65. The van der Waals surface area contributed by atoms with Crippen LogP contribution in [0.1, 0.15) is 31.4 Å². The zero-order valence-electron chi connectivity index (χ0n) is 19.4. The molecule has 0 spiro atoms. The average molecular weight is 481 g/mol.